The number of unbranched alkanes of at least 4 members (excludes halogenated alkanes) is 13. The molecule has 0 aliphatic carbocycles. The summed E-state index contributed by atoms with van der Waals surface area (Å²) in [6, 6.07) is 0. The highest BCUT2D eigenvalue weighted by atomic mass is 16.6. The van der Waals surface area contributed by atoms with E-state index in [4.69, 9.17) is 72.2 Å². The molecule has 738 valence electrons. The van der Waals surface area contributed by atoms with Gasteiger partial charge >= 0.3 is 71.6 Å². The summed E-state index contributed by atoms with van der Waals surface area (Å²) in [5.74, 6) is -4.40. The molecule has 0 heterocycles. The Morgan fingerprint density at radius 1 is 0.276 bits per heavy atom. The number of aliphatic hydroxyl groups excluding tert-OH is 1. The SMILES string of the molecule is C=C(C)C(=O)O.C=C(C)C(=O)OC.C=C(C)C(=O)OCC(CC)CCCC.C=C(C)C(=O)OCCCC.C=C(C)C(=O)OCCCCCCCCCCCC.C=C(C)C(=O)OCCOCCOCCOC.C=CC(=O)O.C=CC(=O)OC.C=CC(=O)OCC(CC)CCCC.C=CC(=O)OCCCC.C=CC(=O)OCCO.C=CC(=O)OCCOCCOCCOC. The predicted octanol–water partition coefficient (Wildman–Crippen LogP) is 17.6. The van der Waals surface area contributed by atoms with Crippen molar-refractivity contribution in [2.75, 3.05) is 154 Å². The fraction of sp³-hybridized carbons (Fsp3) is 0.625. The highest BCUT2D eigenvalue weighted by Crippen LogP contribution is 2.15. The van der Waals surface area contributed by atoms with E-state index in [2.05, 4.69) is 139 Å². The standard InChI is InChI=1S/C16H30O2.C12H22O2.C11H20O5.C11H20O2.C10H18O5.C8H14O2.C7H12O2.C5H8O3.C5H8O2.2C4H6O2.C3H4O2/c1-4-5-6-7-8-9-10-11-12-13-14-18-16(17)15(2)3;1-5-7-8-11(6-2)9-14-12(13)10(3)4;1-10(2)11(12)16-9-8-15-7-6-14-5-4-13-3;1-4-7-8-10(5-2)9-13-11(12)6-3;1-3-10(11)15-9-8-14-7-6-13-5-4-12-2;1-4-5-6-10-8(9)7(2)3;1-3-5-6-9-7(8)4-2;1-2-5(7)8-4-3-6;1-4(2)5(6)7-3;1-3-4(5)6-2;1-3(2)4(5)6;1-2-3(4)5/h2,4-14H2,1,3H3;11H,3,5-9H2,1-2,4H3;1,4-9H2,2-3H3;6,10H,3-5,7-9H2,1-2H3;3H,1,4-9H2,2H3;2,4-6H2,1,3H3;4H,2-3,5-6H2,1H3;2,6H,1,3-4H2;1H2,2-3H3;3H,1H2,2H3;1H2,2H3,(H,5,6);2H,1H2,(H,4,5). The van der Waals surface area contributed by atoms with E-state index in [9.17, 15) is 57.5 Å². The summed E-state index contributed by atoms with van der Waals surface area (Å²) in [4.78, 5) is 125. The molecule has 0 spiro atoms. The minimum atomic E-state index is -0.981. The Bertz CT molecular complexity index is 2860. The number of aliphatic carboxylic acids is 2. The number of esters is 10. The molecule has 0 aromatic rings. The van der Waals surface area contributed by atoms with Crippen LogP contribution in [0.1, 0.15) is 231 Å². The molecule has 0 radical (unpaired) electrons. The van der Waals surface area contributed by atoms with Crippen molar-refractivity contribution in [1.82, 2.24) is 0 Å². The van der Waals surface area contributed by atoms with Crippen LogP contribution in [0, 0.1) is 11.8 Å². The van der Waals surface area contributed by atoms with Gasteiger partial charge in [0, 0.05) is 84.1 Å². The molecule has 127 heavy (non-hydrogen) atoms. The molecule has 0 saturated carbocycles. The number of carbonyl (C=O) groups is 12. The summed E-state index contributed by atoms with van der Waals surface area (Å²) in [5.41, 5.74) is 2.44. The molecule has 2 atom stereocenters. The first-order chi connectivity index (χ1) is 60.2. The first-order valence-corrected chi connectivity index (χ1v) is 42.8. The van der Waals surface area contributed by atoms with Gasteiger partial charge in [0.25, 0.3) is 0 Å². The van der Waals surface area contributed by atoms with Crippen molar-refractivity contribution >= 4 is 71.6 Å². The Morgan fingerprint density at radius 2 is 0.528 bits per heavy atom. The van der Waals surface area contributed by atoms with E-state index in [0.717, 1.165) is 82.1 Å². The van der Waals surface area contributed by atoms with Gasteiger partial charge in [0.1, 0.15) is 19.8 Å². The first-order valence-electron chi connectivity index (χ1n) is 42.8. The van der Waals surface area contributed by atoms with Gasteiger partial charge in [0.15, 0.2) is 0 Å². The maximum atomic E-state index is 11.1. The molecule has 0 rings (SSSR count). The van der Waals surface area contributed by atoms with Gasteiger partial charge in [-0.2, -0.15) is 0 Å². The van der Waals surface area contributed by atoms with E-state index in [1.54, 1.807) is 48.8 Å². The zero-order chi connectivity index (χ0) is 100. The number of methoxy groups -OCH3 is 4. The van der Waals surface area contributed by atoms with Gasteiger partial charge in [-0.15, -0.1) is 0 Å². The molecule has 0 amide bonds. The molecular formula is C96H168O31. The molecule has 0 saturated heterocycles. The Labute approximate surface area is 762 Å². The Kier molecular flexibility index (Phi) is 136. The molecule has 0 bridgehead atoms. The predicted molar refractivity (Wildman–Crippen MR) is 499 cm³/mol. The third kappa shape index (κ3) is 148. The van der Waals surface area contributed by atoms with Crippen molar-refractivity contribution in [2.24, 2.45) is 11.8 Å². The molecule has 0 aromatic heterocycles. The fourth-order valence-electron chi connectivity index (χ4n) is 7.03. The highest BCUT2D eigenvalue weighted by Gasteiger charge is 2.12. The Balaban J connectivity index is -0.000000116. The van der Waals surface area contributed by atoms with Gasteiger partial charge in [-0.25, -0.2) is 57.5 Å². The lowest BCUT2D eigenvalue weighted by Crippen LogP contribution is -2.14. The average molecular weight is 1820 g/mol. The number of ether oxygens (including phenoxy) is 16. The minimum Gasteiger partial charge on any atom is -0.478 e. The van der Waals surface area contributed by atoms with Gasteiger partial charge in [0.05, 0.1) is 120 Å². The van der Waals surface area contributed by atoms with Gasteiger partial charge in [0.2, 0.25) is 0 Å². The number of rotatable bonds is 61. The van der Waals surface area contributed by atoms with Crippen molar-refractivity contribution in [3.63, 3.8) is 0 Å². The smallest absolute Gasteiger partial charge is 0.333 e. The minimum absolute atomic E-state index is 0.0465. The Hall–Kier alpha value is -9.76. The van der Waals surface area contributed by atoms with E-state index in [1.165, 1.54) is 117 Å². The highest BCUT2D eigenvalue weighted by molar-refractivity contribution is 5.89. The zero-order valence-electron chi connectivity index (χ0n) is 80.9. The maximum Gasteiger partial charge on any atom is 0.333 e. The fourth-order valence-corrected chi connectivity index (χ4v) is 7.03. The van der Waals surface area contributed by atoms with Crippen LogP contribution in [0.2, 0.25) is 0 Å². The Morgan fingerprint density at radius 3 is 0.787 bits per heavy atom. The number of hydrogen-bond donors (Lipinski definition) is 3. The quantitative estimate of drug-likeness (QED) is 0.0220. The summed E-state index contributed by atoms with van der Waals surface area (Å²) in [6.45, 7) is 72.3. The van der Waals surface area contributed by atoms with Crippen molar-refractivity contribution in [1.29, 1.82) is 0 Å². The summed E-state index contributed by atoms with van der Waals surface area (Å²) in [7, 11) is 5.88. The lowest BCUT2D eigenvalue weighted by molar-refractivity contribution is -0.141. The van der Waals surface area contributed by atoms with Crippen LogP contribution < -0.4 is 0 Å². The summed E-state index contributed by atoms with van der Waals surface area (Å²) < 4.78 is 77.1. The van der Waals surface area contributed by atoms with E-state index in [1.807, 2.05) is 6.92 Å². The normalized spacial score (nSPS) is 9.69. The van der Waals surface area contributed by atoms with E-state index < -0.39 is 29.8 Å². The number of carbonyl (C=O) groups excluding carboxylic acids is 10. The molecule has 0 aromatic carbocycles. The topological polar surface area (TPSA) is 413 Å². The molecular weight excluding hydrogens is 1650 g/mol. The van der Waals surface area contributed by atoms with Crippen molar-refractivity contribution in [2.45, 2.75) is 231 Å². The third-order valence-electron chi connectivity index (χ3n) is 14.6. The number of hydrogen-bond acceptors (Lipinski definition) is 29. The van der Waals surface area contributed by atoms with Gasteiger partial charge in [-0.3, -0.25) is 0 Å². The average Bonchev–Trinajstić information content (AvgIpc) is 0.980. The summed E-state index contributed by atoms with van der Waals surface area (Å²) in [5, 5.41) is 23.6. The molecule has 3 N–H and O–H groups in total. The second-order valence-corrected chi connectivity index (χ2v) is 26.6. The first kappa shape index (κ1) is 143. The van der Waals surface area contributed by atoms with Gasteiger partial charge in [-0.05, 0) is 85.5 Å². The second-order valence-electron chi connectivity index (χ2n) is 26.6. The maximum absolute atomic E-state index is 11.1. The van der Waals surface area contributed by atoms with Crippen LogP contribution in [-0.2, 0) is 133 Å². The van der Waals surface area contributed by atoms with Gasteiger partial charge < -0.3 is 91.1 Å². The molecule has 31 heteroatoms. The summed E-state index contributed by atoms with van der Waals surface area (Å²) in [6.07, 6.45) is 32.7. The summed E-state index contributed by atoms with van der Waals surface area (Å²) >= 11 is 0. The molecule has 2 unspecified atom stereocenters. The largest absolute Gasteiger partial charge is 0.478 e. The number of aliphatic hydroxyl groups is 1. The van der Waals surface area contributed by atoms with Crippen LogP contribution in [-0.4, -0.2) is 241 Å². The third-order valence-corrected chi connectivity index (χ3v) is 14.6. The number of carboxylic acids is 2. The number of carboxylic acid groups (broad SMARTS) is 2. The van der Waals surface area contributed by atoms with Crippen molar-refractivity contribution in [3.8, 4) is 0 Å². The molecule has 0 aliphatic heterocycles. The lowest BCUT2D eigenvalue weighted by Gasteiger charge is -2.14. The second kappa shape index (κ2) is 120. The lowest BCUT2D eigenvalue weighted by atomic mass is 10.0. The molecule has 0 aliphatic rings. The van der Waals surface area contributed by atoms with Crippen LogP contribution >= 0.6 is 0 Å². The van der Waals surface area contributed by atoms with Crippen molar-refractivity contribution in [3.05, 3.63) is 149 Å². The van der Waals surface area contributed by atoms with E-state index in [0.29, 0.717) is 139 Å². The van der Waals surface area contributed by atoms with E-state index >= 15 is 0 Å². The van der Waals surface area contributed by atoms with Crippen molar-refractivity contribution < 1.29 is 149 Å². The van der Waals surface area contributed by atoms with Crippen LogP contribution in [0.4, 0.5) is 0 Å². The monoisotopic (exact) mass is 1820 g/mol. The molecule has 0 fully saturated rings. The van der Waals surface area contributed by atoms with Crippen LogP contribution in [0.5, 0.6) is 0 Å². The van der Waals surface area contributed by atoms with Gasteiger partial charge in [-0.1, -0.05) is 237 Å². The van der Waals surface area contributed by atoms with Crippen LogP contribution in [0.3, 0.4) is 0 Å². The van der Waals surface area contributed by atoms with Crippen LogP contribution in [0.25, 0.3) is 0 Å². The zero-order valence-corrected chi connectivity index (χ0v) is 80.9. The molecule has 31 nitrogen and oxygen atoms in total. The van der Waals surface area contributed by atoms with E-state index in [-0.39, 0.29) is 73.8 Å². The van der Waals surface area contributed by atoms with Crippen LogP contribution in [0.15, 0.2) is 149 Å².